The Morgan fingerprint density at radius 2 is 1.85 bits per heavy atom. The second-order valence-electron chi connectivity index (χ2n) is 10.3. The molecular formula is C25H32Cl2N6O6. The molecule has 1 saturated heterocycles. The van der Waals surface area contributed by atoms with E-state index in [1.54, 1.807) is 40.1 Å². The number of ether oxygens (including phenoxy) is 3. The van der Waals surface area contributed by atoms with Crippen LogP contribution in [0.1, 0.15) is 32.8 Å². The number of fused-ring (bicyclic) bond motifs is 1. The number of amides is 3. The van der Waals surface area contributed by atoms with E-state index < -0.39 is 23.8 Å². The highest BCUT2D eigenvalue weighted by molar-refractivity contribution is 6.42. The number of nitrogens with zero attached hydrogens (tertiary/aromatic N) is 5. The van der Waals surface area contributed by atoms with E-state index in [1.165, 1.54) is 28.9 Å². The minimum absolute atomic E-state index is 0.108. The Bertz CT molecular complexity index is 1240. The molecule has 0 spiro atoms. The van der Waals surface area contributed by atoms with E-state index in [1.807, 2.05) is 0 Å². The molecule has 0 aliphatic carbocycles. The Morgan fingerprint density at radius 1 is 1.21 bits per heavy atom. The molecule has 0 bridgehead atoms. The maximum absolute atomic E-state index is 13.4. The van der Waals surface area contributed by atoms with Crippen LogP contribution in [0.3, 0.4) is 0 Å². The third-order valence-electron chi connectivity index (χ3n) is 6.41. The van der Waals surface area contributed by atoms with Gasteiger partial charge in [-0.2, -0.15) is 4.98 Å². The van der Waals surface area contributed by atoms with Gasteiger partial charge in [0.25, 0.3) is 0 Å². The van der Waals surface area contributed by atoms with Crippen LogP contribution in [0.5, 0.6) is 11.5 Å². The van der Waals surface area contributed by atoms with Gasteiger partial charge in [-0.1, -0.05) is 23.2 Å². The molecule has 2 N–H and O–H groups in total. The number of aromatic nitrogens is 2. The lowest BCUT2D eigenvalue weighted by Gasteiger charge is -2.35. The molecule has 2 aromatic rings. The minimum atomic E-state index is -0.653. The van der Waals surface area contributed by atoms with Gasteiger partial charge in [-0.15, -0.1) is 0 Å². The molecule has 1 fully saturated rings. The van der Waals surface area contributed by atoms with Crippen molar-refractivity contribution in [2.24, 2.45) is 0 Å². The van der Waals surface area contributed by atoms with Crippen molar-refractivity contribution in [3.63, 3.8) is 0 Å². The monoisotopic (exact) mass is 582 g/mol. The average molecular weight is 583 g/mol. The molecule has 12 nitrogen and oxygen atoms in total. The van der Waals surface area contributed by atoms with Gasteiger partial charge in [-0.25, -0.2) is 14.6 Å². The summed E-state index contributed by atoms with van der Waals surface area (Å²) in [5.41, 5.74) is 0.258. The van der Waals surface area contributed by atoms with Gasteiger partial charge in [0.15, 0.2) is 0 Å². The van der Waals surface area contributed by atoms with Crippen LogP contribution in [0.4, 0.5) is 27.0 Å². The van der Waals surface area contributed by atoms with E-state index in [2.05, 4.69) is 15.3 Å². The zero-order chi connectivity index (χ0) is 28.6. The largest absolute Gasteiger partial charge is 0.495 e. The van der Waals surface area contributed by atoms with Gasteiger partial charge >= 0.3 is 12.1 Å². The van der Waals surface area contributed by atoms with Crippen molar-refractivity contribution >= 4 is 52.8 Å². The van der Waals surface area contributed by atoms with Crippen LogP contribution in [-0.2, 0) is 11.3 Å². The summed E-state index contributed by atoms with van der Waals surface area (Å²) in [6.45, 7) is 5.58. The highest BCUT2D eigenvalue weighted by Gasteiger charge is 2.38. The van der Waals surface area contributed by atoms with Crippen molar-refractivity contribution in [1.29, 1.82) is 0 Å². The number of urea groups is 1. The zero-order valence-electron chi connectivity index (χ0n) is 22.6. The molecule has 14 heteroatoms. The van der Waals surface area contributed by atoms with Crippen LogP contribution >= 0.6 is 23.2 Å². The van der Waals surface area contributed by atoms with Gasteiger partial charge < -0.3 is 29.5 Å². The van der Waals surface area contributed by atoms with Crippen LogP contribution in [0, 0.1) is 0 Å². The topological polar surface area (TPSA) is 130 Å². The first-order chi connectivity index (χ1) is 18.4. The molecule has 3 amide bonds. The van der Waals surface area contributed by atoms with Crippen molar-refractivity contribution in [3.05, 3.63) is 27.9 Å². The molecule has 0 radical (unpaired) electrons. The lowest BCUT2D eigenvalue weighted by Crippen LogP contribution is -2.46. The number of halogens is 2. The number of aliphatic hydroxyl groups is 1. The summed E-state index contributed by atoms with van der Waals surface area (Å²) in [5.74, 6) is 1.32. The number of carbonyl (C=O) groups is 2. The predicted octanol–water partition coefficient (Wildman–Crippen LogP) is 4.16. The molecule has 1 aromatic carbocycles. The van der Waals surface area contributed by atoms with E-state index >= 15 is 0 Å². The van der Waals surface area contributed by atoms with Gasteiger partial charge in [0.1, 0.15) is 33.0 Å². The molecule has 1 aromatic heterocycles. The molecule has 4 rings (SSSR count). The maximum Gasteiger partial charge on any atom is 0.410 e. The Hall–Kier alpha value is -3.22. The summed E-state index contributed by atoms with van der Waals surface area (Å²) < 4.78 is 16.2. The van der Waals surface area contributed by atoms with Crippen LogP contribution in [0.25, 0.3) is 0 Å². The third kappa shape index (κ3) is 5.73. The van der Waals surface area contributed by atoms with Crippen LogP contribution in [0.2, 0.25) is 10.0 Å². The number of methoxy groups -OCH3 is 2. The summed E-state index contributed by atoms with van der Waals surface area (Å²) in [6.07, 6.45) is 1.60. The number of aliphatic hydroxyl groups excluding tert-OH is 1. The SMILES string of the molecule is COc1cc(OC)c(Cl)c(N2Cc3cnc(N[C@H]4C[C@@H](CO)N(C(=O)OC(C)(C)C)C4)nc3N(C)C2=O)c1Cl. The summed E-state index contributed by atoms with van der Waals surface area (Å²) >= 11 is 13.1. The molecular weight excluding hydrogens is 551 g/mol. The molecule has 212 valence electrons. The van der Waals surface area contributed by atoms with E-state index in [0.29, 0.717) is 35.8 Å². The quantitative estimate of drug-likeness (QED) is 0.515. The fourth-order valence-corrected chi connectivity index (χ4v) is 5.29. The second kappa shape index (κ2) is 11.1. The molecule has 0 unspecified atom stereocenters. The van der Waals surface area contributed by atoms with E-state index in [-0.39, 0.29) is 40.9 Å². The average Bonchev–Trinajstić information content (AvgIpc) is 3.29. The number of anilines is 3. The number of hydrogen-bond donors (Lipinski definition) is 2. The maximum atomic E-state index is 13.4. The first kappa shape index (κ1) is 28.8. The van der Waals surface area contributed by atoms with Crippen LogP contribution < -0.4 is 24.6 Å². The number of carbonyl (C=O) groups excluding carboxylic acids is 2. The highest BCUT2D eigenvalue weighted by atomic mass is 35.5. The van der Waals surface area contributed by atoms with Gasteiger partial charge in [0.2, 0.25) is 5.95 Å². The Morgan fingerprint density at radius 3 is 2.41 bits per heavy atom. The Labute approximate surface area is 236 Å². The number of nitrogens with one attached hydrogen (secondary N) is 1. The Kier molecular flexibility index (Phi) is 8.20. The predicted molar refractivity (Wildman–Crippen MR) is 147 cm³/mol. The fraction of sp³-hybridized carbons (Fsp3) is 0.520. The molecule has 2 aliphatic rings. The molecule has 2 aliphatic heterocycles. The van der Waals surface area contributed by atoms with Crippen molar-refractivity contribution in [3.8, 4) is 11.5 Å². The van der Waals surface area contributed by atoms with Gasteiger partial charge in [0.05, 0.1) is 39.1 Å². The minimum Gasteiger partial charge on any atom is -0.495 e. The van der Waals surface area contributed by atoms with Crippen LogP contribution in [-0.4, -0.2) is 84.2 Å². The molecule has 2 atom stereocenters. The summed E-state index contributed by atoms with van der Waals surface area (Å²) in [7, 11) is 4.50. The normalized spacial score (nSPS) is 19.2. The first-order valence-electron chi connectivity index (χ1n) is 12.3. The molecule has 39 heavy (non-hydrogen) atoms. The van der Waals surface area contributed by atoms with Crippen molar-refractivity contribution in [1.82, 2.24) is 14.9 Å². The molecule has 3 heterocycles. The van der Waals surface area contributed by atoms with Gasteiger partial charge in [-0.05, 0) is 27.2 Å². The van der Waals surface area contributed by atoms with Crippen molar-refractivity contribution < 1.29 is 28.9 Å². The molecule has 0 saturated carbocycles. The number of likely N-dealkylation sites (tertiary alicyclic amines) is 1. The number of rotatable bonds is 6. The summed E-state index contributed by atoms with van der Waals surface area (Å²) in [4.78, 5) is 39.4. The fourth-order valence-electron chi connectivity index (χ4n) is 4.58. The number of hydrogen-bond acceptors (Lipinski definition) is 9. The van der Waals surface area contributed by atoms with Gasteiger partial charge in [0, 0.05) is 37.5 Å². The standard InChI is InChI=1S/C25H32Cl2N6O6/c1-25(2,3)39-24(36)32-11-14(7-15(32)12-34)29-22-28-9-13-10-33(23(35)31(4)21(13)30-22)20-18(26)16(37-5)8-17(38-6)19(20)27/h8-9,14-15,34H,7,10-12H2,1-6H3,(H,28,29,30)/t14-,15-/m0/s1. The van der Waals surface area contributed by atoms with Crippen LogP contribution in [0.15, 0.2) is 12.3 Å². The number of benzene rings is 1. The third-order valence-corrected chi connectivity index (χ3v) is 7.14. The Balaban J connectivity index is 1.56. The first-order valence-corrected chi connectivity index (χ1v) is 13.0. The zero-order valence-corrected chi connectivity index (χ0v) is 24.1. The van der Waals surface area contributed by atoms with Crippen molar-refractivity contribution in [2.75, 3.05) is 49.5 Å². The van der Waals surface area contributed by atoms with E-state index in [9.17, 15) is 14.7 Å². The second-order valence-corrected chi connectivity index (χ2v) is 11.0. The smallest absolute Gasteiger partial charge is 0.410 e. The summed E-state index contributed by atoms with van der Waals surface area (Å²) in [5, 5.41) is 13.4. The lowest BCUT2D eigenvalue weighted by molar-refractivity contribution is 0.0175. The van der Waals surface area contributed by atoms with Gasteiger partial charge in [-0.3, -0.25) is 9.80 Å². The summed E-state index contributed by atoms with van der Waals surface area (Å²) in [6, 6.07) is 0.511. The van der Waals surface area contributed by atoms with Crippen molar-refractivity contribution in [2.45, 2.75) is 51.4 Å². The lowest BCUT2D eigenvalue weighted by atomic mass is 10.1. The van der Waals surface area contributed by atoms with E-state index in [0.717, 1.165) is 0 Å². The highest BCUT2D eigenvalue weighted by Crippen LogP contribution is 2.47. The van der Waals surface area contributed by atoms with E-state index in [4.69, 9.17) is 37.4 Å².